The van der Waals surface area contributed by atoms with E-state index in [4.69, 9.17) is 11.5 Å². The Balaban J connectivity index is 2.06. The van der Waals surface area contributed by atoms with Crippen LogP contribution in [0.3, 0.4) is 0 Å². The minimum absolute atomic E-state index is 0.0705. The maximum Gasteiger partial charge on any atom is 0.332 e. The zero-order chi connectivity index (χ0) is 15.7. The number of nitrogens with zero attached hydrogens (tertiary/aromatic N) is 3. The Hall–Kier alpha value is -3.22. The predicted molar refractivity (Wildman–Crippen MR) is 84.3 cm³/mol. The Morgan fingerprint density at radius 2 is 1.77 bits per heavy atom. The molecule has 0 spiro atoms. The molecule has 0 aliphatic heterocycles. The first-order valence-electron chi connectivity index (χ1n) is 6.58. The Morgan fingerprint density at radius 1 is 1.05 bits per heavy atom. The van der Waals surface area contributed by atoms with Gasteiger partial charge in [0.2, 0.25) is 11.8 Å². The van der Waals surface area contributed by atoms with Crippen LogP contribution in [0.1, 0.15) is 11.3 Å². The fourth-order valence-corrected chi connectivity index (χ4v) is 2.40. The molecule has 7 heteroatoms. The minimum atomic E-state index is -0.578. The summed E-state index contributed by atoms with van der Waals surface area (Å²) in [5.41, 5.74) is 12.0. The van der Waals surface area contributed by atoms with Gasteiger partial charge in [0.15, 0.2) is 0 Å². The van der Waals surface area contributed by atoms with Crippen molar-refractivity contribution in [2.75, 3.05) is 11.5 Å². The van der Waals surface area contributed by atoms with Gasteiger partial charge in [-0.1, -0.05) is 42.5 Å². The number of aromatic nitrogens is 2. The molecular weight excluding hydrogens is 282 g/mol. The van der Waals surface area contributed by atoms with Gasteiger partial charge in [-0.3, -0.25) is 10.1 Å². The van der Waals surface area contributed by atoms with E-state index in [0.717, 1.165) is 16.3 Å². The number of rotatable bonds is 3. The van der Waals surface area contributed by atoms with Gasteiger partial charge >= 0.3 is 5.69 Å². The number of nitrogens with two attached hydrogens (primary N) is 2. The predicted octanol–water partition coefficient (Wildman–Crippen LogP) is 2.29. The van der Waals surface area contributed by atoms with Gasteiger partial charge in [0.1, 0.15) is 5.69 Å². The molecule has 0 unspecified atom stereocenters. The van der Waals surface area contributed by atoms with Gasteiger partial charge in [0, 0.05) is 6.42 Å². The summed E-state index contributed by atoms with van der Waals surface area (Å²) < 4.78 is 0. The number of fused-ring (bicyclic) bond motifs is 1. The van der Waals surface area contributed by atoms with Crippen molar-refractivity contribution in [2.24, 2.45) is 0 Å². The number of nitro groups is 1. The summed E-state index contributed by atoms with van der Waals surface area (Å²) in [6.45, 7) is 0. The zero-order valence-electron chi connectivity index (χ0n) is 11.6. The molecule has 0 aliphatic rings. The van der Waals surface area contributed by atoms with E-state index in [1.807, 2.05) is 42.5 Å². The average molecular weight is 295 g/mol. The lowest BCUT2D eigenvalue weighted by Crippen LogP contribution is -2.09. The van der Waals surface area contributed by atoms with Crippen molar-refractivity contribution in [2.45, 2.75) is 6.42 Å². The first-order chi connectivity index (χ1) is 10.5. The number of hydrogen-bond donors (Lipinski definition) is 2. The largest absolute Gasteiger partial charge is 0.378 e. The van der Waals surface area contributed by atoms with Crippen LogP contribution in [0.25, 0.3) is 10.8 Å². The molecule has 3 rings (SSSR count). The molecule has 0 saturated carbocycles. The summed E-state index contributed by atoms with van der Waals surface area (Å²) >= 11 is 0. The van der Waals surface area contributed by atoms with Gasteiger partial charge in [-0.25, -0.2) is 4.98 Å². The van der Waals surface area contributed by atoms with Crippen LogP contribution in [0.2, 0.25) is 0 Å². The van der Waals surface area contributed by atoms with E-state index in [0.29, 0.717) is 0 Å². The highest BCUT2D eigenvalue weighted by atomic mass is 16.6. The zero-order valence-corrected chi connectivity index (χ0v) is 11.6. The Kier molecular flexibility index (Phi) is 3.30. The second-order valence-corrected chi connectivity index (χ2v) is 4.88. The molecule has 2 aromatic carbocycles. The van der Waals surface area contributed by atoms with Gasteiger partial charge < -0.3 is 11.5 Å². The SMILES string of the molecule is Nc1nc(N)c([N+](=O)[O-])c(Cc2ccc3ccccc3c2)n1. The minimum Gasteiger partial charge on any atom is -0.378 e. The van der Waals surface area contributed by atoms with Crippen molar-refractivity contribution in [3.63, 3.8) is 0 Å². The molecule has 0 radical (unpaired) electrons. The summed E-state index contributed by atoms with van der Waals surface area (Å²) in [6.07, 6.45) is 0.262. The van der Waals surface area contributed by atoms with Crippen molar-refractivity contribution >= 4 is 28.2 Å². The standard InChI is InChI=1S/C15H13N5O2/c16-14-13(20(21)22)12(18-15(17)19-14)8-9-5-6-10-3-1-2-4-11(10)7-9/h1-7H,8H2,(H4,16,17,18,19). The normalized spacial score (nSPS) is 10.7. The number of anilines is 2. The van der Waals surface area contributed by atoms with Gasteiger partial charge in [-0.15, -0.1) is 0 Å². The molecule has 0 saturated heterocycles. The fourth-order valence-electron chi connectivity index (χ4n) is 2.40. The van der Waals surface area contributed by atoms with E-state index in [1.165, 1.54) is 0 Å². The summed E-state index contributed by atoms with van der Waals surface area (Å²) in [7, 11) is 0. The van der Waals surface area contributed by atoms with Crippen LogP contribution in [-0.4, -0.2) is 14.9 Å². The first kappa shape index (κ1) is 13.7. The van der Waals surface area contributed by atoms with E-state index >= 15 is 0 Å². The Labute approximate surface area is 125 Å². The lowest BCUT2D eigenvalue weighted by atomic mass is 10.0. The highest BCUT2D eigenvalue weighted by Gasteiger charge is 2.22. The smallest absolute Gasteiger partial charge is 0.332 e. The van der Waals surface area contributed by atoms with E-state index in [9.17, 15) is 10.1 Å². The van der Waals surface area contributed by atoms with Crippen LogP contribution in [0.15, 0.2) is 42.5 Å². The summed E-state index contributed by atoms with van der Waals surface area (Å²) in [5.74, 6) is -0.285. The second-order valence-electron chi connectivity index (χ2n) is 4.88. The third-order valence-electron chi connectivity index (χ3n) is 3.37. The Bertz CT molecular complexity index is 879. The van der Waals surface area contributed by atoms with Gasteiger partial charge in [0.25, 0.3) is 0 Å². The quantitative estimate of drug-likeness (QED) is 0.564. The molecule has 0 fully saturated rings. The number of benzene rings is 2. The fraction of sp³-hybridized carbons (Fsp3) is 0.0667. The molecule has 0 bridgehead atoms. The van der Waals surface area contributed by atoms with Crippen LogP contribution in [0, 0.1) is 10.1 Å². The first-order valence-corrected chi connectivity index (χ1v) is 6.58. The molecule has 22 heavy (non-hydrogen) atoms. The monoisotopic (exact) mass is 295 g/mol. The second kappa shape index (κ2) is 5.28. The maximum absolute atomic E-state index is 11.2. The molecule has 110 valence electrons. The van der Waals surface area contributed by atoms with Crippen LogP contribution in [-0.2, 0) is 6.42 Å². The van der Waals surface area contributed by atoms with Gasteiger partial charge in [-0.05, 0) is 16.3 Å². The third kappa shape index (κ3) is 2.51. The summed E-state index contributed by atoms with van der Waals surface area (Å²) in [4.78, 5) is 18.2. The van der Waals surface area contributed by atoms with Crippen LogP contribution in [0.4, 0.5) is 17.5 Å². The van der Waals surface area contributed by atoms with Crippen molar-refractivity contribution in [1.82, 2.24) is 9.97 Å². The van der Waals surface area contributed by atoms with E-state index in [2.05, 4.69) is 9.97 Å². The number of hydrogen-bond acceptors (Lipinski definition) is 6. The highest BCUT2D eigenvalue weighted by Crippen LogP contribution is 2.27. The van der Waals surface area contributed by atoms with Gasteiger partial charge in [0.05, 0.1) is 4.92 Å². The van der Waals surface area contributed by atoms with E-state index in [-0.39, 0.29) is 29.6 Å². The molecule has 7 nitrogen and oxygen atoms in total. The molecule has 0 amide bonds. The van der Waals surface area contributed by atoms with E-state index in [1.54, 1.807) is 0 Å². The highest BCUT2D eigenvalue weighted by molar-refractivity contribution is 5.83. The lowest BCUT2D eigenvalue weighted by molar-refractivity contribution is -0.385. The third-order valence-corrected chi connectivity index (χ3v) is 3.37. The number of nitrogen functional groups attached to an aromatic ring is 2. The van der Waals surface area contributed by atoms with Crippen molar-refractivity contribution in [3.05, 3.63) is 63.8 Å². The van der Waals surface area contributed by atoms with Crippen molar-refractivity contribution in [1.29, 1.82) is 0 Å². The van der Waals surface area contributed by atoms with Crippen LogP contribution >= 0.6 is 0 Å². The van der Waals surface area contributed by atoms with Crippen molar-refractivity contribution in [3.8, 4) is 0 Å². The average Bonchev–Trinajstić information content (AvgIpc) is 2.46. The topological polar surface area (TPSA) is 121 Å². The maximum atomic E-state index is 11.2. The lowest BCUT2D eigenvalue weighted by Gasteiger charge is -2.06. The summed E-state index contributed by atoms with van der Waals surface area (Å²) in [5, 5.41) is 13.3. The molecule has 1 aromatic heterocycles. The summed E-state index contributed by atoms with van der Waals surface area (Å²) in [6, 6.07) is 13.7. The molecule has 1 heterocycles. The Morgan fingerprint density at radius 3 is 2.50 bits per heavy atom. The molecule has 3 aromatic rings. The molecule has 0 aliphatic carbocycles. The molecule has 0 atom stereocenters. The van der Waals surface area contributed by atoms with Crippen LogP contribution in [0.5, 0.6) is 0 Å². The van der Waals surface area contributed by atoms with Gasteiger partial charge in [-0.2, -0.15) is 4.98 Å². The molecular formula is C15H13N5O2. The van der Waals surface area contributed by atoms with Crippen LogP contribution < -0.4 is 11.5 Å². The van der Waals surface area contributed by atoms with Crippen molar-refractivity contribution < 1.29 is 4.92 Å². The molecule has 4 N–H and O–H groups in total. The van der Waals surface area contributed by atoms with E-state index < -0.39 is 4.92 Å².